The topological polar surface area (TPSA) is 61.4 Å². The molecule has 0 aliphatic heterocycles. The van der Waals surface area contributed by atoms with E-state index in [1.807, 2.05) is 0 Å². The molecule has 0 bridgehead atoms. The van der Waals surface area contributed by atoms with Gasteiger partial charge >= 0.3 is 11.9 Å². The Hall–Kier alpha value is -3.82. The van der Waals surface area contributed by atoms with Gasteiger partial charge in [0.1, 0.15) is 0 Å². The molecule has 6 nitrogen and oxygen atoms in total. The number of hydrogen-bond acceptors (Lipinski definition) is 4. The molecule has 0 spiro atoms. The van der Waals surface area contributed by atoms with Crippen molar-refractivity contribution in [2.75, 3.05) is 7.11 Å². The first-order valence-electron chi connectivity index (χ1n) is 10.9. The fourth-order valence-corrected chi connectivity index (χ4v) is 4.25. The smallest absolute Gasteiger partial charge is 0.416 e. The molecule has 2 aromatic heterocycles. The number of fused-ring (bicyclic) bond motifs is 1. The quantitative estimate of drug-likeness (QED) is 0.250. The van der Waals surface area contributed by atoms with Gasteiger partial charge in [0, 0.05) is 15.6 Å². The van der Waals surface area contributed by atoms with E-state index in [4.69, 9.17) is 27.9 Å². The van der Waals surface area contributed by atoms with Crippen LogP contribution in [0.15, 0.2) is 77.6 Å². The number of halogens is 5. The van der Waals surface area contributed by atoms with Crippen molar-refractivity contribution in [2.45, 2.75) is 12.7 Å². The Morgan fingerprint density at radius 1 is 0.811 bits per heavy atom. The van der Waals surface area contributed by atoms with Gasteiger partial charge in [-0.15, -0.1) is 10.2 Å². The van der Waals surface area contributed by atoms with E-state index in [1.165, 1.54) is 19.2 Å². The Morgan fingerprint density at radius 2 is 1.35 bits per heavy atom. The highest BCUT2D eigenvalue weighted by Gasteiger charge is 2.30. The minimum atomic E-state index is -4.45. The summed E-state index contributed by atoms with van der Waals surface area (Å²) in [6.45, 7) is -0.0566. The predicted molar refractivity (Wildman–Crippen MR) is 135 cm³/mol. The van der Waals surface area contributed by atoms with Crippen molar-refractivity contribution < 1.29 is 17.9 Å². The number of aromatic nitrogens is 4. The third-order valence-electron chi connectivity index (χ3n) is 5.77. The lowest BCUT2D eigenvalue weighted by Crippen LogP contribution is -2.23. The zero-order valence-corrected chi connectivity index (χ0v) is 20.6. The molecule has 3 aromatic carbocycles. The van der Waals surface area contributed by atoms with Gasteiger partial charge in [-0.3, -0.25) is 0 Å². The van der Waals surface area contributed by atoms with E-state index in [2.05, 4.69) is 10.2 Å². The third-order valence-corrected chi connectivity index (χ3v) is 6.27. The number of ether oxygens (including phenoxy) is 1. The standard InChI is InChI=1S/C26H17Cl2F3N4O2/c1-37-24-22(17-6-12-20(28)13-7-17)21(16-4-10-19(27)11-5-16)23-32-34(25(36)35(23)33-24)14-15-2-8-18(9-3-15)26(29,30)31/h2-13H,14H2,1H3. The molecule has 5 rings (SSSR count). The first-order chi connectivity index (χ1) is 17.7. The second kappa shape index (κ2) is 9.57. The number of benzene rings is 3. The molecule has 5 aromatic rings. The maximum absolute atomic E-state index is 13.3. The summed E-state index contributed by atoms with van der Waals surface area (Å²) in [5.74, 6) is 0.177. The van der Waals surface area contributed by atoms with E-state index in [0.29, 0.717) is 32.3 Å². The zero-order valence-electron chi connectivity index (χ0n) is 19.1. The summed E-state index contributed by atoms with van der Waals surface area (Å²) in [4.78, 5) is 13.3. The van der Waals surface area contributed by atoms with Crippen LogP contribution in [-0.2, 0) is 12.7 Å². The lowest BCUT2D eigenvalue weighted by molar-refractivity contribution is -0.137. The summed E-state index contributed by atoms with van der Waals surface area (Å²) >= 11 is 12.2. The molecule has 0 saturated carbocycles. The highest BCUT2D eigenvalue weighted by molar-refractivity contribution is 6.31. The number of alkyl halides is 3. The maximum atomic E-state index is 13.3. The largest absolute Gasteiger partial charge is 0.480 e. The molecule has 0 amide bonds. The predicted octanol–water partition coefficient (Wildman–Crippen LogP) is 6.61. The van der Waals surface area contributed by atoms with E-state index in [1.54, 1.807) is 48.5 Å². The Balaban J connectivity index is 1.72. The Bertz CT molecular complexity index is 1640. The highest BCUT2D eigenvalue weighted by atomic mass is 35.5. The average molecular weight is 545 g/mol. The number of methoxy groups -OCH3 is 1. The first-order valence-corrected chi connectivity index (χ1v) is 11.7. The van der Waals surface area contributed by atoms with Gasteiger partial charge in [-0.05, 0) is 53.1 Å². The number of rotatable bonds is 5. The van der Waals surface area contributed by atoms with E-state index >= 15 is 0 Å². The lowest BCUT2D eigenvalue weighted by atomic mass is 9.96. The Labute approximate surface area is 218 Å². The first kappa shape index (κ1) is 24.9. The van der Waals surface area contributed by atoms with Gasteiger partial charge < -0.3 is 4.74 Å². The molecular formula is C26H17Cl2F3N4O2. The maximum Gasteiger partial charge on any atom is 0.416 e. The molecular weight excluding hydrogens is 528 g/mol. The highest BCUT2D eigenvalue weighted by Crippen LogP contribution is 2.40. The summed E-state index contributed by atoms with van der Waals surface area (Å²) < 4.78 is 46.7. The zero-order chi connectivity index (χ0) is 26.3. The van der Waals surface area contributed by atoms with Crippen LogP contribution in [0.3, 0.4) is 0 Å². The van der Waals surface area contributed by atoms with Crippen molar-refractivity contribution in [2.24, 2.45) is 0 Å². The van der Waals surface area contributed by atoms with Crippen LogP contribution in [0, 0.1) is 0 Å². The van der Waals surface area contributed by atoms with Crippen LogP contribution in [0.4, 0.5) is 13.2 Å². The van der Waals surface area contributed by atoms with Gasteiger partial charge in [-0.25, -0.2) is 9.48 Å². The van der Waals surface area contributed by atoms with Crippen LogP contribution in [-0.4, -0.2) is 26.5 Å². The Morgan fingerprint density at radius 3 is 1.86 bits per heavy atom. The number of nitrogens with zero attached hydrogens (tertiary/aromatic N) is 4. The molecule has 2 heterocycles. The Kier molecular flexibility index (Phi) is 6.43. The second-order valence-corrected chi connectivity index (χ2v) is 9.02. The van der Waals surface area contributed by atoms with Crippen LogP contribution in [0.2, 0.25) is 10.0 Å². The molecule has 0 aliphatic carbocycles. The fourth-order valence-electron chi connectivity index (χ4n) is 4.00. The van der Waals surface area contributed by atoms with Gasteiger partial charge in [0.05, 0.1) is 24.8 Å². The molecule has 0 fully saturated rings. The van der Waals surface area contributed by atoms with Gasteiger partial charge in [0.2, 0.25) is 5.88 Å². The van der Waals surface area contributed by atoms with Crippen LogP contribution in [0.5, 0.6) is 5.88 Å². The van der Waals surface area contributed by atoms with Gasteiger partial charge in [-0.1, -0.05) is 59.6 Å². The van der Waals surface area contributed by atoms with E-state index < -0.39 is 17.4 Å². The van der Waals surface area contributed by atoms with E-state index in [9.17, 15) is 18.0 Å². The SMILES string of the molecule is COc1nn2c(=O)n(Cc3ccc(C(F)(F)F)cc3)nc2c(-c2ccc(Cl)cc2)c1-c1ccc(Cl)cc1. The van der Waals surface area contributed by atoms with Crippen molar-refractivity contribution in [3.63, 3.8) is 0 Å². The van der Waals surface area contributed by atoms with Crippen LogP contribution in [0.1, 0.15) is 11.1 Å². The van der Waals surface area contributed by atoms with Gasteiger partial charge in [-0.2, -0.15) is 17.7 Å². The molecule has 0 unspecified atom stereocenters. The van der Waals surface area contributed by atoms with Gasteiger partial charge in [0.25, 0.3) is 0 Å². The molecule has 11 heteroatoms. The van der Waals surface area contributed by atoms with Gasteiger partial charge in [0.15, 0.2) is 5.65 Å². The third kappa shape index (κ3) is 4.80. The van der Waals surface area contributed by atoms with Crippen LogP contribution in [0.25, 0.3) is 27.9 Å². The summed E-state index contributed by atoms with van der Waals surface area (Å²) in [5, 5.41) is 9.99. The summed E-state index contributed by atoms with van der Waals surface area (Å²) in [6, 6.07) is 18.6. The fraction of sp³-hybridized carbons (Fsp3) is 0.115. The van der Waals surface area contributed by atoms with Crippen molar-refractivity contribution in [1.82, 2.24) is 19.4 Å². The summed E-state index contributed by atoms with van der Waals surface area (Å²) in [7, 11) is 1.44. The molecule has 0 radical (unpaired) electrons. The average Bonchev–Trinajstić information content (AvgIpc) is 3.18. The molecule has 0 atom stereocenters. The van der Waals surface area contributed by atoms with Crippen molar-refractivity contribution in [3.8, 4) is 28.1 Å². The molecule has 0 aliphatic rings. The summed E-state index contributed by atoms with van der Waals surface area (Å²) in [5.41, 5.74) is 1.93. The summed E-state index contributed by atoms with van der Waals surface area (Å²) in [6.07, 6.45) is -4.45. The van der Waals surface area contributed by atoms with Crippen LogP contribution < -0.4 is 10.4 Å². The van der Waals surface area contributed by atoms with E-state index in [0.717, 1.165) is 26.9 Å². The monoisotopic (exact) mass is 544 g/mol. The lowest BCUT2D eigenvalue weighted by Gasteiger charge is -2.14. The van der Waals surface area contributed by atoms with Crippen molar-refractivity contribution in [1.29, 1.82) is 0 Å². The molecule has 0 saturated heterocycles. The molecule has 37 heavy (non-hydrogen) atoms. The molecule has 188 valence electrons. The number of hydrogen-bond donors (Lipinski definition) is 0. The molecule has 0 N–H and O–H groups in total. The minimum absolute atomic E-state index is 0.0566. The van der Waals surface area contributed by atoms with Crippen molar-refractivity contribution >= 4 is 28.8 Å². The minimum Gasteiger partial charge on any atom is -0.480 e. The normalized spacial score (nSPS) is 11.7. The van der Waals surface area contributed by atoms with Crippen LogP contribution >= 0.6 is 23.2 Å². The van der Waals surface area contributed by atoms with Crippen molar-refractivity contribution in [3.05, 3.63) is 104 Å². The van der Waals surface area contributed by atoms with E-state index in [-0.39, 0.29) is 18.1 Å². The second-order valence-electron chi connectivity index (χ2n) is 8.14.